The molecule has 34 heavy (non-hydrogen) atoms. The third-order valence-corrected chi connectivity index (χ3v) is 6.12. The molecule has 10 heteroatoms. The number of halogens is 3. The molecule has 0 radical (unpaired) electrons. The smallest absolute Gasteiger partial charge is 0.294 e. The number of hydrogen-bond donors (Lipinski definition) is 0. The Kier molecular flexibility index (Phi) is 5.22. The Morgan fingerprint density at radius 1 is 1.06 bits per heavy atom. The van der Waals surface area contributed by atoms with Crippen LogP contribution in [0.15, 0.2) is 42.5 Å². The van der Waals surface area contributed by atoms with Gasteiger partial charge in [0, 0.05) is 24.7 Å². The van der Waals surface area contributed by atoms with E-state index in [0.29, 0.717) is 30.2 Å². The first-order chi connectivity index (χ1) is 16.3. The standard InChI is InChI=1S/C24H21F3N6O/c1-13-21-17(22(31(3)29-21)15-11-18(25)20(27)19(26)12-15)9-10-32(13)24(34)23-28-14(2)33(30-23)16-7-5-4-6-8-16/h4-8,11-13H,9-10H2,1-3H3/t13-/m0/s1. The van der Waals surface area contributed by atoms with Crippen molar-refractivity contribution in [1.29, 1.82) is 0 Å². The van der Waals surface area contributed by atoms with Gasteiger partial charge in [-0.2, -0.15) is 5.10 Å². The van der Waals surface area contributed by atoms with Gasteiger partial charge in [-0.15, -0.1) is 5.10 Å². The van der Waals surface area contributed by atoms with Crippen LogP contribution in [0.4, 0.5) is 13.2 Å². The van der Waals surface area contributed by atoms with Crippen molar-refractivity contribution in [3.8, 4) is 16.9 Å². The van der Waals surface area contributed by atoms with Gasteiger partial charge in [-0.25, -0.2) is 22.8 Å². The number of hydrogen-bond acceptors (Lipinski definition) is 4. The SMILES string of the molecule is Cc1nc(C(=O)N2CCc3c(nn(C)c3-c3cc(F)c(F)c(F)c3)[C@@H]2C)nn1-c1ccccc1. The number of amides is 1. The average Bonchev–Trinajstić information content (AvgIpc) is 3.37. The lowest BCUT2D eigenvalue weighted by Crippen LogP contribution is -2.39. The van der Waals surface area contributed by atoms with Crippen molar-refractivity contribution in [3.63, 3.8) is 0 Å². The molecule has 0 fully saturated rings. The minimum Gasteiger partial charge on any atom is -0.327 e. The second-order valence-electron chi connectivity index (χ2n) is 8.24. The van der Waals surface area contributed by atoms with E-state index in [2.05, 4.69) is 15.2 Å². The molecule has 1 atom stereocenters. The molecular weight excluding hydrogens is 445 g/mol. The van der Waals surface area contributed by atoms with Crippen molar-refractivity contribution < 1.29 is 18.0 Å². The van der Waals surface area contributed by atoms with Crippen LogP contribution in [0.2, 0.25) is 0 Å². The summed E-state index contributed by atoms with van der Waals surface area (Å²) in [6.45, 7) is 3.96. The maximum absolute atomic E-state index is 13.9. The minimum atomic E-state index is -1.51. The summed E-state index contributed by atoms with van der Waals surface area (Å²) in [6.07, 6.45) is 0.410. The van der Waals surface area contributed by atoms with E-state index in [4.69, 9.17) is 0 Å². The predicted octanol–water partition coefficient (Wildman–Crippen LogP) is 4.15. The van der Waals surface area contributed by atoms with Crippen LogP contribution in [-0.4, -0.2) is 41.9 Å². The minimum absolute atomic E-state index is 0.0792. The summed E-state index contributed by atoms with van der Waals surface area (Å²) in [5, 5.41) is 8.94. The van der Waals surface area contributed by atoms with E-state index >= 15 is 0 Å². The number of carbonyl (C=O) groups excluding carboxylic acids is 1. The third kappa shape index (κ3) is 3.46. The Bertz CT molecular complexity index is 1390. The number of aryl methyl sites for hydroxylation is 2. The van der Waals surface area contributed by atoms with E-state index in [9.17, 15) is 18.0 Å². The number of carbonyl (C=O) groups is 1. The lowest BCUT2D eigenvalue weighted by molar-refractivity contribution is 0.0661. The molecule has 174 valence electrons. The van der Waals surface area contributed by atoms with Crippen molar-refractivity contribution in [2.24, 2.45) is 7.05 Å². The average molecular weight is 466 g/mol. The maximum atomic E-state index is 13.9. The van der Waals surface area contributed by atoms with Crippen LogP contribution in [0.3, 0.4) is 0 Å². The molecule has 7 nitrogen and oxygen atoms in total. The molecule has 0 unspecified atom stereocenters. The fourth-order valence-corrected chi connectivity index (χ4v) is 4.50. The van der Waals surface area contributed by atoms with Gasteiger partial charge < -0.3 is 4.90 Å². The van der Waals surface area contributed by atoms with E-state index in [1.165, 1.54) is 4.68 Å². The van der Waals surface area contributed by atoms with Crippen LogP contribution in [-0.2, 0) is 13.5 Å². The summed E-state index contributed by atoms with van der Waals surface area (Å²) < 4.78 is 44.3. The largest absolute Gasteiger partial charge is 0.327 e. The van der Waals surface area contributed by atoms with Crippen molar-refractivity contribution in [2.75, 3.05) is 6.54 Å². The molecule has 1 aliphatic heterocycles. The van der Waals surface area contributed by atoms with E-state index in [-0.39, 0.29) is 17.3 Å². The lowest BCUT2D eigenvalue weighted by Gasteiger charge is -2.32. The van der Waals surface area contributed by atoms with E-state index in [1.54, 1.807) is 23.6 Å². The first-order valence-electron chi connectivity index (χ1n) is 10.8. The number of para-hydroxylation sites is 1. The van der Waals surface area contributed by atoms with Gasteiger partial charge in [-0.1, -0.05) is 18.2 Å². The number of fused-ring (bicyclic) bond motifs is 1. The molecule has 0 spiro atoms. The highest BCUT2D eigenvalue weighted by atomic mass is 19.2. The molecule has 5 rings (SSSR count). The molecule has 0 saturated heterocycles. The van der Waals surface area contributed by atoms with Gasteiger partial charge in [0.15, 0.2) is 17.5 Å². The number of rotatable bonds is 3. The normalized spacial score (nSPS) is 15.5. The quantitative estimate of drug-likeness (QED) is 0.426. The Morgan fingerprint density at radius 3 is 2.41 bits per heavy atom. The molecule has 0 saturated carbocycles. The second-order valence-corrected chi connectivity index (χ2v) is 8.24. The molecular formula is C24H21F3N6O. The van der Waals surface area contributed by atoms with Crippen molar-refractivity contribution in [2.45, 2.75) is 26.3 Å². The molecule has 1 amide bonds. The summed E-state index contributed by atoms with van der Waals surface area (Å²) in [6, 6.07) is 10.9. The predicted molar refractivity (Wildman–Crippen MR) is 118 cm³/mol. The summed E-state index contributed by atoms with van der Waals surface area (Å²) >= 11 is 0. The lowest BCUT2D eigenvalue weighted by atomic mass is 9.95. The van der Waals surface area contributed by atoms with Crippen molar-refractivity contribution in [1.82, 2.24) is 29.4 Å². The Balaban J connectivity index is 1.47. The molecule has 2 aromatic heterocycles. The Morgan fingerprint density at radius 2 is 1.74 bits per heavy atom. The zero-order valence-corrected chi connectivity index (χ0v) is 18.8. The Hall–Kier alpha value is -3.95. The monoisotopic (exact) mass is 466 g/mol. The summed E-state index contributed by atoms with van der Waals surface area (Å²) in [5.74, 6) is -3.71. The molecule has 1 aliphatic rings. The van der Waals surface area contributed by atoms with E-state index in [1.807, 2.05) is 37.3 Å². The first-order valence-corrected chi connectivity index (χ1v) is 10.8. The highest BCUT2D eigenvalue weighted by Crippen LogP contribution is 2.36. The van der Waals surface area contributed by atoms with Crippen LogP contribution < -0.4 is 0 Å². The molecule has 2 aromatic carbocycles. The highest BCUT2D eigenvalue weighted by molar-refractivity contribution is 5.91. The summed E-state index contributed by atoms with van der Waals surface area (Å²) in [7, 11) is 1.65. The number of benzene rings is 2. The van der Waals surface area contributed by atoms with Gasteiger partial charge in [-0.05, 0) is 44.5 Å². The summed E-state index contributed by atoms with van der Waals surface area (Å²) in [5.41, 5.74) is 2.87. The van der Waals surface area contributed by atoms with Gasteiger partial charge in [-0.3, -0.25) is 9.48 Å². The van der Waals surface area contributed by atoms with Gasteiger partial charge in [0.05, 0.1) is 23.1 Å². The van der Waals surface area contributed by atoms with Crippen LogP contribution in [0, 0.1) is 24.4 Å². The second kappa shape index (κ2) is 8.12. The zero-order valence-electron chi connectivity index (χ0n) is 18.8. The Labute approximate surface area is 193 Å². The molecule has 0 bridgehead atoms. The van der Waals surface area contributed by atoms with Crippen LogP contribution in [0.5, 0.6) is 0 Å². The van der Waals surface area contributed by atoms with Crippen LogP contribution in [0.1, 0.15) is 40.7 Å². The van der Waals surface area contributed by atoms with Crippen LogP contribution >= 0.6 is 0 Å². The van der Waals surface area contributed by atoms with Crippen molar-refractivity contribution in [3.05, 3.63) is 82.8 Å². The van der Waals surface area contributed by atoms with Crippen molar-refractivity contribution >= 4 is 5.91 Å². The van der Waals surface area contributed by atoms with Gasteiger partial charge >= 0.3 is 0 Å². The van der Waals surface area contributed by atoms with E-state index < -0.39 is 23.5 Å². The summed E-state index contributed by atoms with van der Waals surface area (Å²) in [4.78, 5) is 19.3. The molecule has 3 heterocycles. The number of nitrogens with zero attached hydrogens (tertiary/aromatic N) is 6. The number of aromatic nitrogens is 5. The molecule has 0 aliphatic carbocycles. The molecule has 4 aromatic rings. The first kappa shape index (κ1) is 21.9. The topological polar surface area (TPSA) is 68.8 Å². The molecule has 0 N–H and O–H groups in total. The fraction of sp³-hybridized carbons (Fsp3) is 0.250. The van der Waals surface area contributed by atoms with Crippen LogP contribution in [0.25, 0.3) is 16.9 Å². The van der Waals surface area contributed by atoms with Gasteiger partial charge in [0.2, 0.25) is 5.82 Å². The van der Waals surface area contributed by atoms with Gasteiger partial charge in [0.1, 0.15) is 5.82 Å². The fourth-order valence-electron chi connectivity index (χ4n) is 4.50. The van der Waals surface area contributed by atoms with Gasteiger partial charge in [0.25, 0.3) is 5.91 Å². The highest BCUT2D eigenvalue weighted by Gasteiger charge is 2.35. The third-order valence-electron chi connectivity index (χ3n) is 6.12. The zero-order chi connectivity index (χ0) is 24.1. The maximum Gasteiger partial charge on any atom is 0.294 e. The van der Waals surface area contributed by atoms with E-state index in [0.717, 1.165) is 23.4 Å².